The van der Waals surface area contributed by atoms with Crippen LogP contribution >= 0.6 is 11.6 Å². The van der Waals surface area contributed by atoms with Crippen LogP contribution in [0.4, 0.5) is 0 Å². The van der Waals surface area contributed by atoms with Gasteiger partial charge in [-0.25, -0.2) is 0 Å². The zero-order valence-electron chi connectivity index (χ0n) is 17.7. The SMILES string of the molecule is CCC(CCNCn1c(=O)cc(Cl)c2ccccc21)NCc1ccc2c(c1)OCCO2. The zero-order chi connectivity index (χ0) is 21.6. The predicted octanol–water partition coefficient (Wildman–Crippen LogP) is 3.93. The Kier molecular flexibility index (Phi) is 7.12. The molecule has 164 valence electrons. The van der Waals surface area contributed by atoms with E-state index in [0.29, 0.717) is 30.9 Å². The predicted molar refractivity (Wildman–Crippen MR) is 124 cm³/mol. The summed E-state index contributed by atoms with van der Waals surface area (Å²) in [6.07, 6.45) is 1.98. The summed E-state index contributed by atoms with van der Waals surface area (Å²) in [5.41, 5.74) is 1.92. The Bertz CT molecular complexity index is 1100. The molecule has 2 aromatic carbocycles. The molecular weight excluding hydrogens is 414 g/mol. The average Bonchev–Trinajstić information content (AvgIpc) is 2.80. The van der Waals surface area contributed by atoms with Crippen LogP contribution in [0.15, 0.2) is 53.3 Å². The van der Waals surface area contributed by atoms with E-state index >= 15 is 0 Å². The van der Waals surface area contributed by atoms with Gasteiger partial charge in [0.05, 0.1) is 17.2 Å². The standard InChI is InChI=1S/C24H28ClN3O3/c1-2-18(27-15-17-7-8-22-23(13-17)31-12-11-30-22)9-10-26-16-28-21-6-4-3-5-19(21)20(25)14-24(28)29/h3-8,13-14,18,26-27H,2,9-12,15-16H2,1H3. The molecule has 0 bridgehead atoms. The zero-order valence-corrected chi connectivity index (χ0v) is 18.5. The lowest BCUT2D eigenvalue weighted by Crippen LogP contribution is -2.34. The molecule has 6 nitrogen and oxygen atoms in total. The van der Waals surface area contributed by atoms with E-state index in [1.807, 2.05) is 36.4 Å². The molecule has 0 spiro atoms. The fourth-order valence-corrected chi connectivity index (χ4v) is 4.09. The fourth-order valence-electron chi connectivity index (χ4n) is 3.83. The third kappa shape index (κ3) is 5.21. The maximum absolute atomic E-state index is 12.4. The van der Waals surface area contributed by atoms with Gasteiger partial charge >= 0.3 is 0 Å². The first-order valence-electron chi connectivity index (χ1n) is 10.8. The minimum atomic E-state index is -0.0972. The first-order valence-corrected chi connectivity index (χ1v) is 11.1. The van der Waals surface area contributed by atoms with Crippen LogP contribution in [0.25, 0.3) is 10.9 Å². The highest BCUT2D eigenvalue weighted by molar-refractivity contribution is 6.35. The first kappa shape index (κ1) is 21.7. The van der Waals surface area contributed by atoms with E-state index in [2.05, 4.69) is 23.6 Å². The highest BCUT2D eigenvalue weighted by Crippen LogP contribution is 2.30. The van der Waals surface area contributed by atoms with Crippen LogP contribution in [0.2, 0.25) is 5.02 Å². The number of rotatable bonds is 9. The van der Waals surface area contributed by atoms with Crippen molar-refractivity contribution in [2.24, 2.45) is 0 Å². The van der Waals surface area contributed by atoms with Gasteiger partial charge < -0.3 is 14.8 Å². The highest BCUT2D eigenvalue weighted by atomic mass is 35.5. The van der Waals surface area contributed by atoms with E-state index in [-0.39, 0.29) is 5.56 Å². The second-order valence-electron chi connectivity index (χ2n) is 7.69. The van der Waals surface area contributed by atoms with E-state index in [0.717, 1.165) is 48.3 Å². The van der Waals surface area contributed by atoms with E-state index in [9.17, 15) is 4.79 Å². The Labute approximate surface area is 187 Å². The van der Waals surface area contributed by atoms with Crippen LogP contribution in [0, 0.1) is 0 Å². The number of aromatic nitrogens is 1. The molecule has 0 radical (unpaired) electrons. The summed E-state index contributed by atoms with van der Waals surface area (Å²) in [6, 6.07) is 15.7. The molecule has 7 heteroatoms. The molecule has 1 atom stereocenters. The van der Waals surface area contributed by atoms with Crippen LogP contribution in [-0.2, 0) is 13.2 Å². The summed E-state index contributed by atoms with van der Waals surface area (Å²) in [7, 11) is 0. The Hall–Kier alpha value is -2.54. The van der Waals surface area contributed by atoms with Crippen molar-refractivity contribution in [2.75, 3.05) is 19.8 Å². The number of nitrogens with one attached hydrogen (secondary N) is 2. The Balaban J connectivity index is 1.29. The van der Waals surface area contributed by atoms with Crippen molar-refractivity contribution in [3.05, 3.63) is 69.5 Å². The summed E-state index contributed by atoms with van der Waals surface area (Å²) >= 11 is 6.22. The van der Waals surface area contributed by atoms with Crippen LogP contribution in [0.5, 0.6) is 11.5 Å². The van der Waals surface area contributed by atoms with Crippen molar-refractivity contribution in [2.45, 2.75) is 39.0 Å². The second-order valence-corrected chi connectivity index (χ2v) is 8.09. The monoisotopic (exact) mass is 441 g/mol. The van der Waals surface area contributed by atoms with Gasteiger partial charge in [0, 0.05) is 24.0 Å². The van der Waals surface area contributed by atoms with Crippen molar-refractivity contribution in [3.8, 4) is 11.5 Å². The minimum absolute atomic E-state index is 0.0972. The van der Waals surface area contributed by atoms with Gasteiger partial charge in [-0.1, -0.05) is 42.8 Å². The van der Waals surface area contributed by atoms with Crippen molar-refractivity contribution in [1.82, 2.24) is 15.2 Å². The van der Waals surface area contributed by atoms with Gasteiger partial charge in [-0.3, -0.25) is 14.7 Å². The summed E-state index contributed by atoms with van der Waals surface area (Å²) in [5.74, 6) is 1.64. The first-order chi connectivity index (χ1) is 15.2. The van der Waals surface area contributed by atoms with Gasteiger partial charge in [0.2, 0.25) is 0 Å². The van der Waals surface area contributed by atoms with Gasteiger partial charge in [-0.15, -0.1) is 0 Å². The van der Waals surface area contributed by atoms with Crippen molar-refractivity contribution >= 4 is 22.5 Å². The largest absolute Gasteiger partial charge is 0.486 e. The topological polar surface area (TPSA) is 64.5 Å². The average molecular weight is 442 g/mol. The molecule has 2 N–H and O–H groups in total. The molecule has 1 unspecified atom stereocenters. The third-order valence-corrected chi connectivity index (χ3v) is 5.91. The molecule has 0 aliphatic carbocycles. The Morgan fingerprint density at radius 3 is 2.74 bits per heavy atom. The molecule has 3 aromatic rings. The van der Waals surface area contributed by atoms with Crippen molar-refractivity contribution in [1.29, 1.82) is 0 Å². The number of nitrogens with zero attached hydrogens (tertiary/aromatic N) is 1. The number of benzene rings is 2. The van der Waals surface area contributed by atoms with Crippen molar-refractivity contribution in [3.63, 3.8) is 0 Å². The number of ether oxygens (including phenoxy) is 2. The van der Waals surface area contributed by atoms with Gasteiger partial charge in [0.15, 0.2) is 11.5 Å². The van der Waals surface area contributed by atoms with E-state index in [1.165, 1.54) is 11.6 Å². The third-order valence-electron chi connectivity index (χ3n) is 5.60. The smallest absolute Gasteiger partial charge is 0.253 e. The normalized spacial score (nSPS) is 14.0. The molecule has 31 heavy (non-hydrogen) atoms. The number of fused-ring (bicyclic) bond motifs is 2. The molecule has 1 aromatic heterocycles. The number of para-hydroxylation sites is 1. The van der Waals surface area contributed by atoms with E-state index in [4.69, 9.17) is 21.1 Å². The summed E-state index contributed by atoms with van der Waals surface area (Å²) in [5, 5.41) is 8.40. The minimum Gasteiger partial charge on any atom is -0.486 e. The molecule has 4 rings (SSSR count). The summed E-state index contributed by atoms with van der Waals surface area (Å²) in [4.78, 5) is 12.4. The molecule has 1 aliphatic rings. The second kappa shape index (κ2) is 10.2. The number of pyridine rings is 1. The Morgan fingerprint density at radius 1 is 1.10 bits per heavy atom. The molecule has 0 saturated carbocycles. The highest BCUT2D eigenvalue weighted by Gasteiger charge is 2.13. The van der Waals surface area contributed by atoms with Crippen LogP contribution in [0.1, 0.15) is 25.3 Å². The van der Waals surface area contributed by atoms with Crippen LogP contribution in [0.3, 0.4) is 0 Å². The lowest BCUT2D eigenvalue weighted by Gasteiger charge is -2.21. The maximum atomic E-state index is 12.4. The molecule has 2 heterocycles. The van der Waals surface area contributed by atoms with Gasteiger partial charge in [0.1, 0.15) is 13.2 Å². The summed E-state index contributed by atoms with van der Waals surface area (Å²) in [6.45, 7) is 5.41. The van der Waals surface area contributed by atoms with E-state index < -0.39 is 0 Å². The van der Waals surface area contributed by atoms with Gasteiger partial charge in [-0.2, -0.15) is 0 Å². The van der Waals surface area contributed by atoms with Crippen molar-refractivity contribution < 1.29 is 9.47 Å². The van der Waals surface area contributed by atoms with Gasteiger partial charge in [-0.05, 0) is 43.1 Å². The number of hydrogen-bond acceptors (Lipinski definition) is 5. The maximum Gasteiger partial charge on any atom is 0.253 e. The lowest BCUT2D eigenvalue weighted by molar-refractivity contribution is 0.171. The molecule has 0 saturated heterocycles. The molecular formula is C24H28ClN3O3. The lowest BCUT2D eigenvalue weighted by atomic mass is 10.1. The number of hydrogen-bond donors (Lipinski definition) is 2. The molecule has 0 fully saturated rings. The fraction of sp³-hybridized carbons (Fsp3) is 0.375. The quantitative estimate of drug-likeness (QED) is 0.492. The van der Waals surface area contributed by atoms with Crippen LogP contribution in [-0.4, -0.2) is 30.4 Å². The summed E-state index contributed by atoms with van der Waals surface area (Å²) < 4.78 is 13.0. The molecule has 0 amide bonds. The van der Waals surface area contributed by atoms with Gasteiger partial charge in [0.25, 0.3) is 5.56 Å². The van der Waals surface area contributed by atoms with E-state index in [1.54, 1.807) is 4.57 Å². The van der Waals surface area contributed by atoms with Crippen LogP contribution < -0.4 is 25.7 Å². The molecule has 1 aliphatic heterocycles. The Morgan fingerprint density at radius 2 is 1.90 bits per heavy atom. The number of halogens is 1.